The average molecular weight is 301 g/mol. The molecular weight excluding hydrogens is 281 g/mol. The molecule has 0 spiro atoms. The summed E-state index contributed by atoms with van der Waals surface area (Å²) in [6.45, 7) is 4.74. The lowest BCUT2D eigenvalue weighted by Gasteiger charge is -2.31. The van der Waals surface area contributed by atoms with E-state index in [0.717, 1.165) is 43.6 Å². The number of likely N-dealkylation sites (tertiary alicyclic amines) is 1. The third-order valence-electron chi connectivity index (χ3n) is 3.88. The van der Waals surface area contributed by atoms with Gasteiger partial charge in [0.25, 0.3) is 0 Å². The smallest absolute Gasteiger partial charge is 0.316 e. The van der Waals surface area contributed by atoms with E-state index in [4.69, 9.17) is 4.74 Å². The molecule has 1 fully saturated rings. The molecule has 1 aromatic heterocycles. The van der Waals surface area contributed by atoms with Gasteiger partial charge in [-0.15, -0.1) is 0 Å². The van der Waals surface area contributed by atoms with Crippen molar-refractivity contribution in [3.63, 3.8) is 0 Å². The molecule has 0 amide bonds. The second kappa shape index (κ2) is 6.83. The van der Waals surface area contributed by atoms with Gasteiger partial charge in [-0.2, -0.15) is 0 Å². The SMILES string of the molecule is Cc1cnc(OC2CCN(Cc3ccc(F)cc3)CC2)nc1. The van der Waals surface area contributed by atoms with Gasteiger partial charge in [-0.05, 0) is 43.0 Å². The molecule has 1 saturated heterocycles. The van der Waals surface area contributed by atoms with Crippen LogP contribution >= 0.6 is 0 Å². The van der Waals surface area contributed by atoms with Crippen LogP contribution in [0.3, 0.4) is 0 Å². The Morgan fingerprint density at radius 1 is 1.14 bits per heavy atom. The van der Waals surface area contributed by atoms with Gasteiger partial charge in [-0.1, -0.05) is 12.1 Å². The highest BCUT2D eigenvalue weighted by Gasteiger charge is 2.21. The second-order valence-corrected chi connectivity index (χ2v) is 5.76. The number of ether oxygens (including phenoxy) is 1. The third-order valence-corrected chi connectivity index (χ3v) is 3.88. The molecule has 2 aromatic rings. The summed E-state index contributed by atoms with van der Waals surface area (Å²) in [6.07, 6.45) is 5.63. The van der Waals surface area contributed by atoms with Crippen LogP contribution in [0, 0.1) is 12.7 Å². The van der Waals surface area contributed by atoms with E-state index in [1.807, 2.05) is 19.1 Å². The van der Waals surface area contributed by atoms with Crippen LogP contribution in [0.4, 0.5) is 4.39 Å². The van der Waals surface area contributed by atoms with Crippen molar-refractivity contribution >= 4 is 0 Å². The van der Waals surface area contributed by atoms with E-state index in [9.17, 15) is 4.39 Å². The number of benzene rings is 1. The van der Waals surface area contributed by atoms with Crippen molar-refractivity contribution in [2.75, 3.05) is 13.1 Å². The van der Waals surface area contributed by atoms with E-state index >= 15 is 0 Å². The van der Waals surface area contributed by atoms with Gasteiger partial charge in [0, 0.05) is 32.0 Å². The Kier molecular flexibility index (Phi) is 4.63. The van der Waals surface area contributed by atoms with Crippen LogP contribution < -0.4 is 4.74 Å². The van der Waals surface area contributed by atoms with Crippen molar-refractivity contribution in [1.29, 1.82) is 0 Å². The number of hydrogen-bond acceptors (Lipinski definition) is 4. The maximum Gasteiger partial charge on any atom is 0.316 e. The zero-order valence-electron chi connectivity index (χ0n) is 12.7. The topological polar surface area (TPSA) is 38.2 Å². The summed E-state index contributed by atoms with van der Waals surface area (Å²) in [5.74, 6) is -0.186. The number of piperidine rings is 1. The fourth-order valence-corrected chi connectivity index (χ4v) is 2.62. The number of nitrogens with zero attached hydrogens (tertiary/aromatic N) is 3. The van der Waals surface area contributed by atoms with E-state index in [2.05, 4.69) is 14.9 Å². The minimum atomic E-state index is -0.186. The zero-order valence-corrected chi connectivity index (χ0v) is 12.7. The van der Waals surface area contributed by atoms with Gasteiger partial charge in [0.1, 0.15) is 11.9 Å². The Morgan fingerprint density at radius 2 is 1.77 bits per heavy atom. The van der Waals surface area contributed by atoms with Crippen molar-refractivity contribution < 1.29 is 9.13 Å². The number of rotatable bonds is 4. The van der Waals surface area contributed by atoms with Crippen LogP contribution in [0.15, 0.2) is 36.7 Å². The van der Waals surface area contributed by atoms with E-state index in [1.54, 1.807) is 12.4 Å². The fraction of sp³-hybridized carbons (Fsp3) is 0.412. The molecule has 0 radical (unpaired) electrons. The van der Waals surface area contributed by atoms with Gasteiger partial charge in [0.15, 0.2) is 0 Å². The van der Waals surface area contributed by atoms with Crippen LogP contribution in [0.5, 0.6) is 6.01 Å². The molecule has 22 heavy (non-hydrogen) atoms. The Balaban J connectivity index is 1.47. The summed E-state index contributed by atoms with van der Waals surface area (Å²) < 4.78 is 18.7. The summed E-state index contributed by atoms with van der Waals surface area (Å²) in [4.78, 5) is 10.7. The average Bonchev–Trinajstić information content (AvgIpc) is 2.54. The van der Waals surface area contributed by atoms with Gasteiger partial charge < -0.3 is 4.74 Å². The first-order valence-electron chi connectivity index (χ1n) is 7.61. The maximum absolute atomic E-state index is 12.9. The lowest BCUT2D eigenvalue weighted by molar-refractivity contribution is 0.0892. The highest BCUT2D eigenvalue weighted by Crippen LogP contribution is 2.17. The summed E-state index contributed by atoms with van der Waals surface area (Å²) >= 11 is 0. The largest absolute Gasteiger partial charge is 0.460 e. The predicted octanol–water partition coefficient (Wildman–Crippen LogP) is 2.97. The molecule has 2 heterocycles. The third kappa shape index (κ3) is 4.01. The standard InChI is InChI=1S/C17H20FN3O/c1-13-10-19-17(20-11-13)22-16-6-8-21(9-7-16)12-14-2-4-15(18)5-3-14/h2-5,10-11,16H,6-9,12H2,1H3. The van der Waals surface area contributed by atoms with Crippen LogP contribution in [0.1, 0.15) is 24.0 Å². The molecule has 1 aromatic carbocycles. The van der Waals surface area contributed by atoms with Crippen LogP contribution in [-0.2, 0) is 6.54 Å². The van der Waals surface area contributed by atoms with E-state index < -0.39 is 0 Å². The fourth-order valence-electron chi connectivity index (χ4n) is 2.62. The van der Waals surface area contributed by atoms with Gasteiger partial charge in [0.2, 0.25) is 0 Å². The minimum Gasteiger partial charge on any atom is -0.460 e. The molecule has 0 atom stereocenters. The molecular formula is C17H20FN3O. The van der Waals surface area contributed by atoms with Crippen molar-refractivity contribution in [2.45, 2.75) is 32.4 Å². The number of aromatic nitrogens is 2. The van der Waals surface area contributed by atoms with Gasteiger partial charge >= 0.3 is 6.01 Å². The molecule has 1 aliphatic rings. The highest BCUT2D eigenvalue weighted by molar-refractivity contribution is 5.16. The number of halogens is 1. The van der Waals surface area contributed by atoms with E-state index in [-0.39, 0.29) is 11.9 Å². The Labute approximate surface area is 130 Å². The van der Waals surface area contributed by atoms with Gasteiger partial charge in [-0.25, -0.2) is 14.4 Å². The Morgan fingerprint density at radius 3 is 2.41 bits per heavy atom. The number of aryl methyl sites for hydroxylation is 1. The Hall–Kier alpha value is -2.01. The Bertz CT molecular complexity index is 537. The lowest BCUT2D eigenvalue weighted by atomic mass is 10.1. The van der Waals surface area contributed by atoms with Gasteiger partial charge in [0.05, 0.1) is 0 Å². The molecule has 0 aliphatic carbocycles. The molecule has 1 aliphatic heterocycles. The second-order valence-electron chi connectivity index (χ2n) is 5.76. The van der Waals surface area contributed by atoms with Crippen molar-refractivity contribution in [3.8, 4) is 6.01 Å². The number of hydrogen-bond donors (Lipinski definition) is 0. The minimum absolute atomic E-state index is 0.173. The van der Waals surface area contributed by atoms with E-state index in [1.165, 1.54) is 12.1 Å². The first-order chi connectivity index (χ1) is 10.7. The zero-order chi connectivity index (χ0) is 15.4. The molecule has 3 rings (SSSR count). The highest BCUT2D eigenvalue weighted by atomic mass is 19.1. The molecule has 5 heteroatoms. The lowest BCUT2D eigenvalue weighted by Crippen LogP contribution is -2.38. The van der Waals surface area contributed by atoms with Crippen molar-refractivity contribution in [3.05, 3.63) is 53.6 Å². The van der Waals surface area contributed by atoms with Crippen molar-refractivity contribution in [1.82, 2.24) is 14.9 Å². The normalized spacial score (nSPS) is 16.6. The monoisotopic (exact) mass is 301 g/mol. The van der Waals surface area contributed by atoms with Gasteiger partial charge in [-0.3, -0.25) is 4.90 Å². The predicted molar refractivity (Wildman–Crippen MR) is 82.1 cm³/mol. The first kappa shape index (κ1) is 14.9. The summed E-state index contributed by atoms with van der Waals surface area (Å²) in [5, 5.41) is 0. The molecule has 0 saturated carbocycles. The van der Waals surface area contributed by atoms with Crippen LogP contribution in [-0.4, -0.2) is 34.1 Å². The molecule has 0 bridgehead atoms. The van der Waals surface area contributed by atoms with Crippen LogP contribution in [0.25, 0.3) is 0 Å². The quantitative estimate of drug-likeness (QED) is 0.870. The summed E-state index contributed by atoms with van der Waals surface area (Å²) in [5.41, 5.74) is 2.17. The summed E-state index contributed by atoms with van der Waals surface area (Å²) in [7, 11) is 0. The molecule has 4 nitrogen and oxygen atoms in total. The van der Waals surface area contributed by atoms with Crippen LogP contribution in [0.2, 0.25) is 0 Å². The van der Waals surface area contributed by atoms with Crippen molar-refractivity contribution in [2.24, 2.45) is 0 Å². The van der Waals surface area contributed by atoms with E-state index in [0.29, 0.717) is 6.01 Å². The molecule has 116 valence electrons. The molecule has 0 unspecified atom stereocenters. The molecule has 0 N–H and O–H groups in total. The summed E-state index contributed by atoms with van der Waals surface area (Å²) in [6, 6.07) is 7.18. The maximum atomic E-state index is 12.9. The first-order valence-corrected chi connectivity index (χ1v) is 7.61.